The molecule has 6 heteroatoms. The fraction of sp³-hybridized carbons (Fsp3) is 0.125. The fourth-order valence-electron chi connectivity index (χ4n) is 2.09. The molecular formula is C16H13ClN2O3. The third kappa shape index (κ3) is 2.89. The minimum absolute atomic E-state index is 0.214. The lowest BCUT2D eigenvalue weighted by Gasteiger charge is -2.23. The first-order chi connectivity index (χ1) is 10.5. The predicted molar refractivity (Wildman–Crippen MR) is 84.6 cm³/mol. The summed E-state index contributed by atoms with van der Waals surface area (Å²) in [6, 6.07) is 11.7. The Bertz CT molecular complexity index is 744. The highest BCUT2D eigenvalue weighted by molar-refractivity contribution is 6.30. The van der Waals surface area contributed by atoms with Crippen molar-refractivity contribution in [2.24, 2.45) is 0 Å². The number of carbonyl (C=O) groups excluding carboxylic acids is 2. The number of anilines is 2. The Labute approximate surface area is 132 Å². The highest BCUT2D eigenvalue weighted by Crippen LogP contribution is 2.32. The number of benzene rings is 2. The Kier molecular flexibility index (Phi) is 3.73. The van der Waals surface area contributed by atoms with Crippen molar-refractivity contribution in [2.75, 3.05) is 10.6 Å². The lowest BCUT2D eigenvalue weighted by Crippen LogP contribution is -2.34. The number of carbonyl (C=O) groups is 2. The number of nitrogens with one attached hydrogen (secondary N) is 2. The number of rotatable bonds is 2. The van der Waals surface area contributed by atoms with E-state index in [0.29, 0.717) is 27.7 Å². The molecule has 1 aliphatic rings. The first kappa shape index (κ1) is 14.4. The minimum atomic E-state index is -0.526. The number of amides is 2. The molecule has 1 atom stereocenters. The molecule has 0 radical (unpaired) electrons. The van der Waals surface area contributed by atoms with Crippen molar-refractivity contribution in [1.82, 2.24) is 0 Å². The van der Waals surface area contributed by atoms with E-state index in [1.54, 1.807) is 49.4 Å². The van der Waals surface area contributed by atoms with Crippen LogP contribution in [0, 0.1) is 0 Å². The lowest BCUT2D eigenvalue weighted by molar-refractivity contribution is -0.122. The standard InChI is InChI=1S/C16H13ClN2O3/c1-9-15(20)19-13-8-12(6-7-14(13)22-9)18-16(21)10-2-4-11(17)5-3-10/h2-9H,1H3,(H,18,21)(H,19,20)/t9-/m0/s1. The number of hydrogen-bond donors (Lipinski definition) is 2. The quantitative estimate of drug-likeness (QED) is 0.893. The van der Waals surface area contributed by atoms with Crippen molar-refractivity contribution < 1.29 is 14.3 Å². The van der Waals surface area contributed by atoms with Gasteiger partial charge in [0.15, 0.2) is 6.10 Å². The van der Waals surface area contributed by atoms with Gasteiger partial charge in [-0.05, 0) is 49.4 Å². The van der Waals surface area contributed by atoms with Crippen LogP contribution in [0.15, 0.2) is 42.5 Å². The molecule has 22 heavy (non-hydrogen) atoms. The Morgan fingerprint density at radius 2 is 1.95 bits per heavy atom. The third-order valence-corrected chi connectivity index (χ3v) is 3.53. The van der Waals surface area contributed by atoms with E-state index in [1.165, 1.54) is 0 Å². The van der Waals surface area contributed by atoms with E-state index < -0.39 is 6.10 Å². The summed E-state index contributed by atoms with van der Waals surface area (Å²) in [6.07, 6.45) is -0.526. The Hall–Kier alpha value is -2.53. The third-order valence-electron chi connectivity index (χ3n) is 3.27. The summed E-state index contributed by atoms with van der Waals surface area (Å²) in [4.78, 5) is 23.7. The zero-order chi connectivity index (χ0) is 15.7. The maximum Gasteiger partial charge on any atom is 0.265 e. The second-order valence-corrected chi connectivity index (χ2v) is 5.36. The largest absolute Gasteiger partial charge is 0.479 e. The first-order valence-electron chi connectivity index (χ1n) is 6.71. The van der Waals surface area contributed by atoms with Gasteiger partial charge >= 0.3 is 0 Å². The summed E-state index contributed by atoms with van der Waals surface area (Å²) in [5.41, 5.74) is 1.60. The van der Waals surface area contributed by atoms with Crippen molar-refractivity contribution in [3.8, 4) is 5.75 Å². The van der Waals surface area contributed by atoms with Crippen LogP contribution in [0.1, 0.15) is 17.3 Å². The molecule has 2 aromatic rings. The molecule has 0 bridgehead atoms. The molecule has 3 rings (SSSR count). The smallest absolute Gasteiger partial charge is 0.265 e. The number of fused-ring (bicyclic) bond motifs is 1. The van der Waals surface area contributed by atoms with E-state index in [1.807, 2.05) is 0 Å². The fourth-order valence-corrected chi connectivity index (χ4v) is 2.22. The van der Waals surface area contributed by atoms with Crippen LogP contribution in [0.4, 0.5) is 11.4 Å². The van der Waals surface area contributed by atoms with Gasteiger partial charge < -0.3 is 15.4 Å². The van der Waals surface area contributed by atoms with Crippen LogP contribution in [-0.2, 0) is 4.79 Å². The second kappa shape index (κ2) is 5.69. The SMILES string of the molecule is C[C@@H]1Oc2ccc(NC(=O)c3ccc(Cl)cc3)cc2NC1=O. The van der Waals surface area contributed by atoms with Gasteiger partial charge in [-0.2, -0.15) is 0 Å². The van der Waals surface area contributed by atoms with Gasteiger partial charge in [-0.1, -0.05) is 11.6 Å². The van der Waals surface area contributed by atoms with Gasteiger partial charge in [0.1, 0.15) is 5.75 Å². The van der Waals surface area contributed by atoms with Gasteiger partial charge in [-0.3, -0.25) is 9.59 Å². The summed E-state index contributed by atoms with van der Waals surface area (Å²) in [5.74, 6) is 0.110. The summed E-state index contributed by atoms with van der Waals surface area (Å²) in [7, 11) is 0. The van der Waals surface area contributed by atoms with Crippen molar-refractivity contribution in [3.63, 3.8) is 0 Å². The molecule has 0 spiro atoms. The molecule has 2 N–H and O–H groups in total. The zero-order valence-electron chi connectivity index (χ0n) is 11.7. The van der Waals surface area contributed by atoms with E-state index in [4.69, 9.17) is 16.3 Å². The summed E-state index contributed by atoms with van der Waals surface area (Å²) >= 11 is 5.80. The van der Waals surface area contributed by atoms with E-state index in [0.717, 1.165) is 0 Å². The summed E-state index contributed by atoms with van der Waals surface area (Å²) < 4.78 is 5.46. The Morgan fingerprint density at radius 3 is 2.68 bits per heavy atom. The molecule has 1 aliphatic heterocycles. The molecular weight excluding hydrogens is 304 g/mol. The van der Waals surface area contributed by atoms with Crippen molar-refractivity contribution in [1.29, 1.82) is 0 Å². The van der Waals surface area contributed by atoms with Gasteiger partial charge in [0.2, 0.25) is 0 Å². The summed E-state index contributed by atoms with van der Waals surface area (Å²) in [6.45, 7) is 1.68. The second-order valence-electron chi connectivity index (χ2n) is 4.92. The molecule has 0 aliphatic carbocycles. The highest BCUT2D eigenvalue weighted by atomic mass is 35.5. The van der Waals surface area contributed by atoms with Crippen LogP contribution in [0.5, 0.6) is 5.75 Å². The Morgan fingerprint density at radius 1 is 1.23 bits per heavy atom. The maximum atomic E-state index is 12.1. The van der Waals surface area contributed by atoms with E-state index >= 15 is 0 Å². The van der Waals surface area contributed by atoms with Crippen molar-refractivity contribution in [2.45, 2.75) is 13.0 Å². The zero-order valence-corrected chi connectivity index (χ0v) is 12.5. The molecule has 0 fully saturated rings. The van der Waals surface area contributed by atoms with Crippen LogP contribution < -0.4 is 15.4 Å². The van der Waals surface area contributed by atoms with Crippen LogP contribution in [0.25, 0.3) is 0 Å². The summed E-state index contributed by atoms with van der Waals surface area (Å²) in [5, 5.41) is 6.07. The molecule has 0 saturated carbocycles. The molecule has 0 aromatic heterocycles. The van der Waals surface area contributed by atoms with Crippen LogP contribution in [0.2, 0.25) is 5.02 Å². The van der Waals surface area contributed by atoms with Crippen LogP contribution in [0.3, 0.4) is 0 Å². The molecule has 5 nitrogen and oxygen atoms in total. The normalized spacial score (nSPS) is 16.3. The first-order valence-corrected chi connectivity index (χ1v) is 7.09. The molecule has 1 heterocycles. The van der Waals surface area contributed by atoms with E-state index in [2.05, 4.69) is 10.6 Å². The van der Waals surface area contributed by atoms with Gasteiger partial charge in [0, 0.05) is 16.3 Å². The monoisotopic (exact) mass is 316 g/mol. The van der Waals surface area contributed by atoms with Gasteiger partial charge in [-0.25, -0.2) is 0 Å². The minimum Gasteiger partial charge on any atom is -0.479 e. The average molecular weight is 317 g/mol. The van der Waals surface area contributed by atoms with Gasteiger partial charge in [0.25, 0.3) is 11.8 Å². The maximum absolute atomic E-state index is 12.1. The number of hydrogen-bond acceptors (Lipinski definition) is 3. The molecule has 0 unspecified atom stereocenters. The number of ether oxygens (including phenoxy) is 1. The van der Waals surface area contributed by atoms with Crippen LogP contribution >= 0.6 is 11.6 Å². The molecule has 112 valence electrons. The van der Waals surface area contributed by atoms with E-state index in [-0.39, 0.29) is 11.8 Å². The molecule has 2 aromatic carbocycles. The van der Waals surface area contributed by atoms with Crippen molar-refractivity contribution in [3.05, 3.63) is 53.1 Å². The Balaban J connectivity index is 1.79. The van der Waals surface area contributed by atoms with Gasteiger partial charge in [-0.15, -0.1) is 0 Å². The molecule has 2 amide bonds. The van der Waals surface area contributed by atoms with Crippen molar-refractivity contribution >= 4 is 34.8 Å². The van der Waals surface area contributed by atoms with Gasteiger partial charge in [0.05, 0.1) is 5.69 Å². The van der Waals surface area contributed by atoms with E-state index in [9.17, 15) is 9.59 Å². The average Bonchev–Trinajstić information content (AvgIpc) is 2.49. The molecule has 0 saturated heterocycles. The predicted octanol–water partition coefficient (Wildman–Crippen LogP) is 3.31. The number of halogens is 1. The van der Waals surface area contributed by atoms with Crippen LogP contribution in [-0.4, -0.2) is 17.9 Å². The topological polar surface area (TPSA) is 67.4 Å². The highest BCUT2D eigenvalue weighted by Gasteiger charge is 2.23. The lowest BCUT2D eigenvalue weighted by atomic mass is 10.2.